The molecule has 1 aromatic rings. The second kappa shape index (κ2) is 7.69. The minimum atomic E-state index is 0.737. The summed E-state index contributed by atoms with van der Waals surface area (Å²) in [4.78, 5) is 0. The molecule has 0 saturated heterocycles. The van der Waals surface area contributed by atoms with E-state index in [4.69, 9.17) is 0 Å². The van der Waals surface area contributed by atoms with E-state index in [9.17, 15) is 0 Å². The lowest BCUT2D eigenvalue weighted by Crippen LogP contribution is -2.28. The molecule has 19 heavy (non-hydrogen) atoms. The molecular weight excluding hydrogens is 230 g/mol. The van der Waals surface area contributed by atoms with Crippen LogP contribution in [0, 0.1) is 12.8 Å². The Morgan fingerprint density at radius 3 is 2.74 bits per heavy atom. The molecule has 0 aromatic heterocycles. The lowest BCUT2D eigenvalue weighted by Gasteiger charge is -2.17. The molecule has 1 saturated carbocycles. The SMILES string of the molecule is CCCC1CCCC(NCc2ccccc2C)CC1. The molecule has 106 valence electrons. The highest BCUT2D eigenvalue weighted by atomic mass is 14.9. The molecule has 1 aliphatic rings. The molecular formula is C18H29N. The highest BCUT2D eigenvalue weighted by Gasteiger charge is 2.17. The van der Waals surface area contributed by atoms with Crippen molar-refractivity contribution in [2.24, 2.45) is 5.92 Å². The van der Waals surface area contributed by atoms with E-state index >= 15 is 0 Å². The fraction of sp³-hybridized carbons (Fsp3) is 0.667. The minimum Gasteiger partial charge on any atom is -0.310 e. The van der Waals surface area contributed by atoms with Crippen molar-refractivity contribution in [3.63, 3.8) is 0 Å². The average molecular weight is 259 g/mol. The maximum absolute atomic E-state index is 3.78. The van der Waals surface area contributed by atoms with Crippen molar-refractivity contribution in [3.05, 3.63) is 35.4 Å². The van der Waals surface area contributed by atoms with Crippen molar-refractivity contribution in [1.82, 2.24) is 5.32 Å². The Morgan fingerprint density at radius 1 is 1.11 bits per heavy atom. The Morgan fingerprint density at radius 2 is 1.95 bits per heavy atom. The van der Waals surface area contributed by atoms with E-state index in [-0.39, 0.29) is 0 Å². The van der Waals surface area contributed by atoms with Crippen LogP contribution in [-0.4, -0.2) is 6.04 Å². The van der Waals surface area contributed by atoms with E-state index in [1.165, 1.54) is 56.1 Å². The summed E-state index contributed by atoms with van der Waals surface area (Å²) in [5, 5.41) is 3.78. The van der Waals surface area contributed by atoms with E-state index in [0.29, 0.717) is 0 Å². The molecule has 1 aliphatic carbocycles. The summed E-state index contributed by atoms with van der Waals surface area (Å²) in [7, 11) is 0. The van der Waals surface area contributed by atoms with Gasteiger partial charge in [0.1, 0.15) is 0 Å². The van der Waals surface area contributed by atoms with E-state index in [0.717, 1.165) is 18.5 Å². The van der Waals surface area contributed by atoms with Gasteiger partial charge < -0.3 is 5.32 Å². The van der Waals surface area contributed by atoms with Gasteiger partial charge in [-0.15, -0.1) is 0 Å². The summed E-state index contributed by atoms with van der Waals surface area (Å²) in [5.41, 5.74) is 2.87. The standard InChI is InChI=1S/C18H29N/c1-3-7-16-9-6-11-18(13-12-16)19-14-17-10-5-4-8-15(17)2/h4-5,8,10,16,18-19H,3,6-7,9,11-14H2,1-2H3. The Hall–Kier alpha value is -0.820. The van der Waals surface area contributed by atoms with Gasteiger partial charge in [-0.1, -0.05) is 56.9 Å². The van der Waals surface area contributed by atoms with Crippen molar-refractivity contribution < 1.29 is 0 Å². The van der Waals surface area contributed by atoms with Crippen molar-refractivity contribution in [3.8, 4) is 0 Å². The number of nitrogens with one attached hydrogen (secondary N) is 1. The molecule has 0 amide bonds. The number of aryl methyl sites for hydroxylation is 1. The normalized spacial score (nSPS) is 24.1. The van der Waals surface area contributed by atoms with Crippen molar-refractivity contribution in [2.45, 2.75) is 71.4 Å². The first-order chi connectivity index (χ1) is 9.29. The maximum atomic E-state index is 3.78. The largest absolute Gasteiger partial charge is 0.310 e. The van der Waals surface area contributed by atoms with Gasteiger partial charge in [-0.3, -0.25) is 0 Å². The Balaban J connectivity index is 1.79. The Labute approximate surface area is 118 Å². The molecule has 0 spiro atoms. The van der Waals surface area contributed by atoms with Crippen molar-refractivity contribution >= 4 is 0 Å². The number of rotatable bonds is 5. The first-order valence-corrected chi connectivity index (χ1v) is 8.07. The van der Waals surface area contributed by atoms with Gasteiger partial charge in [-0.2, -0.15) is 0 Å². The molecule has 0 heterocycles. The second-order valence-electron chi connectivity index (χ2n) is 6.17. The summed E-state index contributed by atoms with van der Waals surface area (Å²) in [6, 6.07) is 9.47. The Bertz CT molecular complexity index is 372. The molecule has 2 atom stereocenters. The van der Waals surface area contributed by atoms with Gasteiger partial charge in [0.05, 0.1) is 0 Å². The molecule has 0 radical (unpaired) electrons. The van der Waals surface area contributed by atoms with E-state index in [1.807, 2.05) is 0 Å². The summed E-state index contributed by atoms with van der Waals surface area (Å²) in [6.45, 7) is 5.57. The highest BCUT2D eigenvalue weighted by Crippen LogP contribution is 2.26. The van der Waals surface area contributed by atoms with Gasteiger partial charge in [-0.05, 0) is 43.2 Å². The lowest BCUT2D eigenvalue weighted by atomic mass is 9.95. The van der Waals surface area contributed by atoms with Gasteiger partial charge >= 0.3 is 0 Å². The van der Waals surface area contributed by atoms with Crippen LogP contribution in [0.25, 0.3) is 0 Å². The number of hydrogen-bond donors (Lipinski definition) is 1. The van der Waals surface area contributed by atoms with Crippen LogP contribution in [0.3, 0.4) is 0 Å². The molecule has 1 heteroatoms. The fourth-order valence-corrected chi connectivity index (χ4v) is 3.34. The number of hydrogen-bond acceptors (Lipinski definition) is 1. The molecule has 2 rings (SSSR count). The third kappa shape index (κ3) is 4.65. The maximum Gasteiger partial charge on any atom is 0.0210 e. The molecule has 1 N–H and O–H groups in total. The highest BCUT2D eigenvalue weighted by molar-refractivity contribution is 5.25. The van der Waals surface area contributed by atoms with Crippen LogP contribution in [0.2, 0.25) is 0 Å². The van der Waals surface area contributed by atoms with E-state index in [1.54, 1.807) is 0 Å². The van der Waals surface area contributed by atoms with Crippen LogP contribution < -0.4 is 5.32 Å². The van der Waals surface area contributed by atoms with Crippen molar-refractivity contribution in [2.75, 3.05) is 0 Å². The van der Waals surface area contributed by atoms with Gasteiger partial charge in [0.15, 0.2) is 0 Å². The van der Waals surface area contributed by atoms with Gasteiger partial charge in [0.25, 0.3) is 0 Å². The predicted octanol–water partition coefficient (Wildman–Crippen LogP) is 4.83. The average Bonchev–Trinajstić information content (AvgIpc) is 2.64. The fourth-order valence-electron chi connectivity index (χ4n) is 3.34. The van der Waals surface area contributed by atoms with E-state index < -0.39 is 0 Å². The third-order valence-corrected chi connectivity index (χ3v) is 4.63. The van der Waals surface area contributed by atoms with Crippen LogP contribution in [0.15, 0.2) is 24.3 Å². The number of benzene rings is 1. The van der Waals surface area contributed by atoms with Crippen LogP contribution in [-0.2, 0) is 6.54 Å². The zero-order valence-electron chi connectivity index (χ0n) is 12.6. The zero-order valence-corrected chi connectivity index (χ0v) is 12.6. The molecule has 0 bridgehead atoms. The second-order valence-corrected chi connectivity index (χ2v) is 6.17. The first kappa shape index (κ1) is 14.6. The minimum absolute atomic E-state index is 0.737. The molecule has 1 nitrogen and oxygen atoms in total. The summed E-state index contributed by atoms with van der Waals surface area (Å²) in [6.07, 6.45) is 9.82. The van der Waals surface area contributed by atoms with Crippen LogP contribution >= 0.6 is 0 Å². The van der Waals surface area contributed by atoms with Gasteiger partial charge in [-0.25, -0.2) is 0 Å². The summed E-state index contributed by atoms with van der Waals surface area (Å²) >= 11 is 0. The predicted molar refractivity (Wildman–Crippen MR) is 83.3 cm³/mol. The lowest BCUT2D eigenvalue weighted by molar-refractivity contribution is 0.409. The summed E-state index contributed by atoms with van der Waals surface area (Å²) in [5.74, 6) is 0.996. The molecule has 2 unspecified atom stereocenters. The zero-order chi connectivity index (χ0) is 13.5. The summed E-state index contributed by atoms with van der Waals surface area (Å²) < 4.78 is 0. The molecule has 1 fully saturated rings. The molecule has 0 aliphatic heterocycles. The first-order valence-electron chi connectivity index (χ1n) is 8.07. The van der Waals surface area contributed by atoms with Crippen molar-refractivity contribution in [1.29, 1.82) is 0 Å². The smallest absolute Gasteiger partial charge is 0.0210 e. The van der Waals surface area contributed by atoms with E-state index in [2.05, 4.69) is 43.4 Å². The quantitative estimate of drug-likeness (QED) is 0.747. The van der Waals surface area contributed by atoms with Gasteiger partial charge in [0.2, 0.25) is 0 Å². The van der Waals surface area contributed by atoms with Crippen LogP contribution in [0.1, 0.15) is 63.0 Å². The van der Waals surface area contributed by atoms with Gasteiger partial charge in [0, 0.05) is 12.6 Å². The topological polar surface area (TPSA) is 12.0 Å². The Kier molecular flexibility index (Phi) is 5.91. The monoisotopic (exact) mass is 259 g/mol. The molecule has 1 aromatic carbocycles. The van der Waals surface area contributed by atoms with Crippen LogP contribution in [0.5, 0.6) is 0 Å². The third-order valence-electron chi connectivity index (χ3n) is 4.63. The van der Waals surface area contributed by atoms with Crippen LogP contribution in [0.4, 0.5) is 0 Å².